The molecule has 0 bridgehead atoms. The van der Waals surface area contributed by atoms with Crippen LogP contribution in [-0.4, -0.2) is 20.2 Å². The van der Waals surface area contributed by atoms with Crippen LogP contribution in [0, 0.1) is 19.0 Å². The van der Waals surface area contributed by atoms with Crippen LogP contribution in [0.4, 0.5) is 4.39 Å². The molecule has 0 aliphatic heterocycles. The zero-order valence-corrected chi connectivity index (χ0v) is 18.6. The molecule has 0 spiro atoms. The fraction of sp³-hybridized carbons (Fsp3) is 0.0769. The number of aromatic nitrogens is 4. The van der Waals surface area contributed by atoms with Crippen molar-refractivity contribution in [2.75, 3.05) is 0 Å². The first-order chi connectivity index (χ1) is 15.5. The number of nitrogens with zero attached hydrogens (tertiary/aromatic N) is 2. The molecule has 0 atom stereocenters. The number of allylic oxidation sites excluding steroid dienone is 2. The average molecular weight is 441 g/mol. The lowest BCUT2D eigenvalue weighted by Gasteiger charge is -2.05. The first kappa shape index (κ1) is 20.2. The van der Waals surface area contributed by atoms with Gasteiger partial charge in [0.05, 0.1) is 11.2 Å². The largest absolute Gasteiger partial charge is 0.357 e. The predicted molar refractivity (Wildman–Crippen MR) is 130 cm³/mol. The van der Waals surface area contributed by atoms with Crippen LogP contribution in [0.2, 0.25) is 0 Å². The number of aryl methyl sites for hydroxylation is 2. The molecule has 1 aromatic carbocycles. The van der Waals surface area contributed by atoms with Gasteiger partial charge in [0.2, 0.25) is 0 Å². The van der Waals surface area contributed by atoms with Gasteiger partial charge in [0, 0.05) is 45.1 Å². The Bertz CT molecular complexity index is 1480. The number of aromatic amines is 2. The molecular weight excluding hydrogens is 419 g/mol. The van der Waals surface area contributed by atoms with Crippen molar-refractivity contribution in [3.63, 3.8) is 0 Å². The highest BCUT2D eigenvalue weighted by Crippen LogP contribution is 2.36. The van der Waals surface area contributed by atoms with Crippen molar-refractivity contribution in [3.05, 3.63) is 100 Å². The Morgan fingerprint density at radius 3 is 2.75 bits per heavy atom. The van der Waals surface area contributed by atoms with Crippen molar-refractivity contribution in [2.24, 2.45) is 0 Å². The molecule has 0 unspecified atom stereocenters. The molecule has 0 saturated heterocycles. The summed E-state index contributed by atoms with van der Waals surface area (Å²) in [6, 6.07) is 13.6. The van der Waals surface area contributed by atoms with Gasteiger partial charge >= 0.3 is 0 Å². The molecule has 0 amide bonds. The van der Waals surface area contributed by atoms with Gasteiger partial charge in [-0.25, -0.2) is 0 Å². The summed E-state index contributed by atoms with van der Waals surface area (Å²) in [6.45, 7) is 7.93. The van der Waals surface area contributed by atoms with Gasteiger partial charge in [-0.3, -0.25) is 10.1 Å². The zero-order chi connectivity index (χ0) is 22.2. The molecule has 0 aliphatic carbocycles. The fourth-order valence-corrected chi connectivity index (χ4v) is 4.77. The average Bonchev–Trinajstić information content (AvgIpc) is 3.50. The summed E-state index contributed by atoms with van der Waals surface area (Å²) in [5.74, 6) is 0. The number of thiophene rings is 1. The Balaban J connectivity index is 1.62. The van der Waals surface area contributed by atoms with Gasteiger partial charge in [0.15, 0.2) is 5.13 Å². The number of hydrogen-bond acceptors (Lipinski definition) is 3. The number of pyridine rings is 1. The Morgan fingerprint density at radius 1 is 1.12 bits per heavy atom. The minimum Gasteiger partial charge on any atom is -0.357 e. The third-order valence-corrected chi connectivity index (χ3v) is 6.50. The molecule has 4 heterocycles. The summed E-state index contributed by atoms with van der Waals surface area (Å²) >= 11 is 1.13. The normalized spacial score (nSPS) is 11.9. The third kappa shape index (κ3) is 3.48. The van der Waals surface area contributed by atoms with Crippen LogP contribution in [0.15, 0.2) is 73.6 Å². The zero-order valence-electron chi connectivity index (χ0n) is 17.7. The lowest BCUT2D eigenvalue weighted by molar-refractivity contribution is 0.657. The number of hydrogen-bond donors (Lipinski definition) is 2. The second-order valence-corrected chi connectivity index (χ2v) is 8.70. The highest BCUT2D eigenvalue weighted by atomic mass is 32.1. The summed E-state index contributed by atoms with van der Waals surface area (Å²) < 4.78 is 13.7. The van der Waals surface area contributed by atoms with Crippen LogP contribution >= 0.6 is 11.3 Å². The van der Waals surface area contributed by atoms with Crippen LogP contribution in [0.3, 0.4) is 0 Å². The van der Waals surface area contributed by atoms with E-state index in [1.807, 2.05) is 31.3 Å². The summed E-state index contributed by atoms with van der Waals surface area (Å²) in [4.78, 5) is 8.61. The minimum absolute atomic E-state index is 0.208. The lowest BCUT2D eigenvalue weighted by atomic mass is 10.00. The molecule has 0 radical (unpaired) electrons. The summed E-state index contributed by atoms with van der Waals surface area (Å²) in [7, 11) is 0. The van der Waals surface area contributed by atoms with E-state index in [0.717, 1.165) is 66.5 Å². The van der Waals surface area contributed by atoms with E-state index in [-0.39, 0.29) is 5.13 Å². The minimum atomic E-state index is -0.208. The Hall–Kier alpha value is -3.77. The van der Waals surface area contributed by atoms with Crippen molar-refractivity contribution >= 4 is 27.8 Å². The molecule has 158 valence electrons. The van der Waals surface area contributed by atoms with Crippen LogP contribution in [-0.2, 0) is 0 Å². The van der Waals surface area contributed by atoms with Gasteiger partial charge in [-0.1, -0.05) is 24.8 Å². The molecule has 0 fully saturated rings. The van der Waals surface area contributed by atoms with E-state index < -0.39 is 0 Å². The van der Waals surface area contributed by atoms with E-state index >= 15 is 0 Å². The van der Waals surface area contributed by atoms with E-state index in [0.29, 0.717) is 0 Å². The second-order valence-electron chi connectivity index (χ2n) is 7.66. The van der Waals surface area contributed by atoms with Crippen molar-refractivity contribution < 1.29 is 4.39 Å². The highest BCUT2D eigenvalue weighted by molar-refractivity contribution is 7.11. The van der Waals surface area contributed by atoms with Crippen LogP contribution < -0.4 is 0 Å². The first-order valence-corrected chi connectivity index (χ1v) is 11.0. The smallest absolute Gasteiger partial charge is 0.176 e. The maximum absolute atomic E-state index is 13.7. The molecule has 32 heavy (non-hydrogen) atoms. The number of halogens is 1. The van der Waals surface area contributed by atoms with Gasteiger partial charge in [-0.05, 0) is 61.4 Å². The SMILES string of the molecule is C=C/C=C(/c1ccc(F)s1)c1cc(-c2n[nH]c3ccc(-c4cnccc4C)cc23)[nH]c1C. The van der Waals surface area contributed by atoms with Gasteiger partial charge in [0.25, 0.3) is 0 Å². The molecule has 2 N–H and O–H groups in total. The maximum Gasteiger partial charge on any atom is 0.176 e. The number of H-pyrrole nitrogens is 2. The molecule has 4 aromatic heterocycles. The van der Waals surface area contributed by atoms with Crippen molar-refractivity contribution in [3.8, 4) is 22.5 Å². The lowest BCUT2D eigenvalue weighted by Crippen LogP contribution is -1.85. The topological polar surface area (TPSA) is 57.4 Å². The number of rotatable bonds is 5. The van der Waals surface area contributed by atoms with E-state index in [1.165, 1.54) is 11.6 Å². The van der Waals surface area contributed by atoms with Crippen molar-refractivity contribution in [2.45, 2.75) is 13.8 Å². The van der Waals surface area contributed by atoms with Crippen molar-refractivity contribution in [1.29, 1.82) is 0 Å². The molecule has 0 aliphatic rings. The maximum atomic E-state index is 13.7. The summed E-state index contributed by atoms with van der Waals surface area (Å²) in [6.07, 6.45) is 7.33. The van der Waals surface area contributed by atoms with Crippen LogP contribution in [0.5, 0.6) is 0 Å². The fourth-order valence-electron chi connectivity index (χ4n) is 4.00. The standard InChI is InChI=1S/C26H21FN4S/c1-4-5-18(24-8-9-25(27)32-24)19-13-23(29-16(19)3)26-20-12-17(6-7-22(20)30-31-26)21-14-28-11-10-15(21)2/h4-14,29H,1H2,2-3H3,(H,30,31)/b18-5+. The Kier molecular flexibility index (Phi) is 5.07. The number of fused-ring (bicyclic) bond motifs is 1. The molecule has 6 heteroatoms. The van der Waals surface area contributed by atoms with E-state index in [2.05, 4.69) is 51.9 Å². The van der Waals surface area contributed by atoms with Crippen LogP contribution in [0.1, 0.15) is 21.7 Å². The summed E-state index contributed by atoms with van der Waals surface area (Å²) in [5, 5.41) is 8.54. The van der Waals surface area contributed by atoms with E-state index in [9.17, 15) is 4.39 Å². The van der Waals surface area contributed by atoms with Gasteiger partial charge < -0.3 is 4.98 Å². The highest BCUT2D eigenvalue weighted by Gasteiger charge is 2.17. The van der Waals surface area contributed by atoms with Gasteiger partial charge in [0.1, 0.15) is 5.69 Å². The Labute approximate surface area is 189 Å². The molecular formula is C26H21FN4S. The Morgan fingerprint density at radius 2 is 2.00 bits per heavy atom. The quantitative estimate of drug-likeness (QED) is 0.288. The van der Waals surface area contributed by atoms with E-state index in [1.54, 1.807) is 18.3 Å². The monoisotopic (exact) mass is 440 g/mol. The van der Waals surface area contributed by atoms with Crippen molar-refractivity contribution in [1.82, 2.24) is 20.2 Å². The third-order valence-electron chi connectivity index (χ3n) is 5.60. The second kappa shape index (κ2) is 8.05. The molecule has 5 aromatic rings. The van der Waals surface area contributed by atoms with Gasteiger partial charge in [-0.15, -0.1) is 11.3 Å². The molecule has 4 nitrogen and oxygen atoms in total. The van der Waals surface area contributed by atoms with Gasteiger partial charge in [-0.2, -0.15) is 9.49 Å². The predicted octanol–water partition coefficient (Wildman–Crippen LogP) is 7.06. The molecule has 5 rings (SSSR count). The van der Waals surface area contributed by atoms with E-state index in [4.69, 9.17) is 0 Å². The first-order valence-electron chi connectivity index (χ1n) is 10.2. The number of nitrogens with one attached hydrogen (secondary N) is 2. The summed E-state index contributed by atoms with van der Waals surface area (Å²) in [5.41, 5.74) is 8.97. The number of benzene rings is 1. The molecule has 0 saturated carbocycles. The van der Waals surface area contributed by atoms with Crippen LogP contribution in [0.25, 0.3) is 39.0 Å².